The van der Waals surface area contributed by atoms with E-state index >= 15 is 0 Å². The molecular weight excluding hydrogens is 256 g/mol. The van der Waals surface area contributed by atoms with Gasteiger partial charge in [0, 0.05) is 32.9 Å². The third-order valence-electron chi connectivity index (χ3n) is 2.77. The maximum atomic E-state index is 11.9. The number of nitrogens with zero attached hydrogens (tertiary/aromatic N) is 3. The highest BCUT2D eigenvalue weighted by Crippen LogP contribution is 2.03. The molecular formula is C10H18N4O3S. The Labute approximate surface area is 107 Å². The zero-order valence-electron chi connectivity index (χ0n) is 10.4. The summed E-state index contributed by atoms with van der Waals surface area (Å²) in [7, 11) is -1.54. The van der Waals surface area contributed by atoms with Gasteiger partial charge in [-0.1, -0.05) is 0 Å². The number of ether oxygens (including phenoxy) is 1. The fourth-order valence-corrected chi connectivity index (χ4v) is 2.98. The van der Waals surface area contributed by atoms with Gasteiger partial charge in [-0.15, -0.1) is 0 Å². The van der Waals surface area contributed by atoms with Crippen molar-refractivity contribution < 1.29 is 13.2 Å². The van der Waals surface area contributed by atoms with E-state index in [0.29, 0.717) is 39.3 Å². The second-order valence-corrected chi connectivity index (χ2v) is 5.94. The zero-order valence-corrected chi connectivity index (χ0v) is 11.2. The summed E-state index contributed by atoms with van der Waals surface area (Å²) >= 11 is 0. The van der Waals surface area contributed by atoms with Crippen molar-refractivity contribution >= 4 is 10.2 Å². The number of aromatic nitrogens is 2. The summed E-state index contributed by atoms with van der Waals surface area (Å²) in [6, 6.07) is 0. The van der Waals surface area contributed by atoms with E-state index in [1.165, 1.54) is 4.31 Å². The van der Waals surface area contributed by atoms with Crippen LogP contribution >= 0.6 is 0 Å². The molecule has 0 atom stereocenters. The van der Waals surface area contributed by atoms with E-state index < -0.39 is 10.2 Å². The molecule has 1 aliphatic rings. The number of aryl methyl sites for hydroxylation is 1. The van der Waals surface area contributed by atoms with Gasteiger partial charge in [0.15, 0.2) is 0 Å². The molecule has 1 saturated heterocycles. The van der Waals surface area contributed by atoms with Gasteiger partial charge in [0.25, 0.3) is 10.2 Å². The van der Waals surface area contributed by atoms with Gasteiger partial charge in [0.1, 0.15) is 0 Å². The lowest BCUT2D eigenvalue weighted by atomic mass is 10.3. The van der Waals surface area contributed by atoms with Crippen molar-refractivity contribution in [2.45, 2.75) is 6.42 Å². The molecule has 8 heteroatoms. The molecule has 1 fully saturated rings. The van der Waals surface area contributed by atoms with Crippen molar-refractivity contribution in [2.75, 3.05) is 32.8 Å². The second kappa shape index (κ2) is 5.79. The van der Waals surface area contributed by atoms with Gasteiger partial charge in [-0.2, -0.15) is 17.8 Å². The third kappa shape index (κ3) is 3.52. The van der Waals surface area contributed by atoms with Crippen LogP contribution in [0.2, 0.25) is 0 Å². The first-order chi connectivity index (χ1) is 8.58. The van der Waals surface area contributed by atoms with Crippen molar-refractivity contribution in [3.8, 4) is 0 Å². The van der Waals surface area contributed by atoms with Crippen LogP contribution < -0.4 is 4.72 Å². The van der Waals surface area contributed by atoms with Gasteiger partial charge in [0.05, 0.1) is 19.4 Å². The molecule has 1 aliphatic heterocycles. The molecule has 0 aliphatic carbocycles. The molecule has 1 N–H and O–H groups in total. The van der Waals surface area contributed by atoms with E-state index in [0.717, 1.165) is 5.56 Å². The molecule has 0 amide bonds. The minimum atomic E-state index is -3.37. The van der Waals surface area contributed by atoms with Crippen LogP contribution in [-0.2, 0) is 28.4 Å². The number of hydrogen-bond acceptors (Lipinski definition) is 4. The molecule has 1 aromatic rings. The topological polar surface area (TPSA) is 76.5 Å². The molecule has 102 valence electrons. The Morgan fingerprint density at radius 3 is 2.78 bits per heavy atom. The average molecular weight is 274 g/mol. The van der Waals surface area contributed by atoms with E-state index in [9.17, 15) is 8.42 Å². The second-order valence-electron chi connectivity index (χ2n) is 4.18. The number of rotatable bonds is 5. The lowest BCUT2D eigenvalue weighted by molar-refractivity contribution is 0.0725. The predicted octanol–water partition coefficient (Wildman–Crippen LogP) is -0.871. The van der Waals surface area contributed by atoms with E-state index in [1.54, 1.807) is 10.9 Å². The lowest BCUT2D eigenvalue weighted by Gasteiger charge is -2.26. The van der Waals surface area contributed by atoms with Gasteiger partial charge in [-0.05, 0) is 12.0 Å². The van der Waals surface area contributed by atoms with Crippen molar-refractivity contribution in [2.24, 2.45) is 7.05 Å². The summed E-state index contributed by atoms with van der Waals surface area (Å²) in [5.74, 6) is 0. The number of morpholine rings is 1. The zero-order chi connectivity index (χ0) is 13.0. The first-order valence-electron chi connectivity index (χ1n) is 5.88. The molecule has 18 heavy (non-hydrogen) atoms. The van der Waals surface area contributed by atoms with E-state index in [-0.39, 0.29) is 0 Å². The molecule has 2 rings (SSSR count). The van der Waals surface area contributed by atoms with Crippen molar-refractivity contribution in [1.82, 2.24) is 18.8 Å². The molecule has 0 radical (unpaired) electrons. The van der Waals surface area contributed by atoms with Crippen LogP contribution in [0.5, 0.6) is 0 Å². The molecule has 0 unspecified atom stereocenters. The standard InChI is InChI=1S/C10H18N4O3S/c1-13-9-10(8-11-13)2-3-12-18(15,16)14-4-6-17-7-5-14/h8-9,12H,2-7H2,1H3. The summed E-state index contributed by atoms with van der Waals surface area (Å²) in [4.78, 5) is 0. The Bertz CT molecular complexity index is 479. The molecule has 0 bridgehead atoms. The molecule has 0 aromatic carbocycles. The highest BCUT2D eigenvalue weighted by Gasteiger charge is 2.23. The molecule has 0 saturated carbocycles. The van der Waals surface area contributed by atoms with Crippen molar-refractivity contribution in [3.05, 3.63) is 18.0 Å². The SMILES string of the molecule is Cn1cc(CCNS(=O)(=O)N2CCOCC2)cn1. The highest BCUT2D eigenvalue weighted by atomic mass is 32.2. The quantitative estimate of drug-likeness (QED) is 0.757. The Morgan fingerprint density at radius 2 is 2.17 bits per heavy atom. The largest absolute Gasteiger partial charge is 0.379 e. The van der Waals surface area contributed by atoms with Crippen molar-refractivity contribution in [3.63, 3.8) is 0 Å². The van der Waals surface area contributed by atoms with Crippen LogP contribution in [0.25, 0.3) is 0 Å². The molecule has 0 spiro atoms. The van der Waals surface area contributed by atoms with Gasteiger partial charge < -0.3 is 4.74 Å². The average Bonchev–Trinajstić information content (AvgIpc) is 2.76. The van der Waals surface area contributed by atoms with E-state index in [1.807, 2.05) is 13.2 Å². The maximum absolute atomic E-state index is 11.9. The van der Waals surface area contributed by atoms with Gasteiger partial charge in [0.2, 0.25) is 0 Å². The summed E-state index contributed by atoms with van der Waals surface area (Å²) < 4.78 is 34.7. The minimum Gasteiger partial charge on any atom is -0.379 e. The van der Waals surface area contributed by atoms with Crippen LogP contribution in [0, 0.1) is 0 Å². The summed E-state index contributed by atoms with van der Waals surface area (Å²) in [5, 5.41) is 4.03. The van der Waals surface area contributed by atoms with Gasteiger partial charge in [-0.3, -0.25) is 4.68 Å². The summed E-state index contributed by atoms with van der Waals surface area (Å²) in [5.41, 5.74) is 1.02. The first-order valence-corrected chi connectivity index (χ1v) is 7.32. The molecule has 1 aromatic heterocycles. The lowest BCUT2D eigenvalue weighted by Crippen LogP contribution is -2.47. The van der Waals surface area contributed by atoms with Crippen molar-refractivity contribution in [1.29, 1.82) is 0 Å². The monoisotopic (exact) mass is 274 g/mol. The van der Waals surface area contributed by atoms with Crippen LogP contribution in [0.4, 0.5) is 0 Å². The first kappa shape index (κ1) is 13.5. The minimum absolute atomic E-state index is 0.380. The van der Waals surface area contributed by atoms with E-state index in [2.05, 4.69) is 9.82 Å². The molecule has 7 nitrogen and oxygen atoms in total. The van der Waals surface area contributed by atoms with Gasteiger partial charge in [-0.25, -0.2) is 4.72 Å². The van der Waals surface area contributed by atoms with Crippen LogP contribution in [-0.4, -0.2) is 55.4 Å². The van der Waals surface area contributed by atoms with Crippen LogP contribution in [0.1, 0.15) is 5.56 Å². The summed E-state index contributed by atoms with van der Waals surface area (Å²) in [6.45, 7) is 2.14. The Morgan fingerprint density at radius 1 is 1.44 bits per heavy atom. The maximum Gasteiger partial charge on any atom is 0.279 e. The third-order valence-corrected chi connectivity index (χ3v) is 4.38. The number of nitrogens with one attached hydrogen (secondary N) is 1. The van der Waals surface area contributed by atoms with Crippen LogP contribution in [0.3, 0.4) is 0 Å². The Hall–Kier alpha value is -0.960. The predicted molar refractivity (Wildman–Crippen MR) is 66.2 cm³/mol. The fourth-order valence-electron chi connectivity index (χ4n) is 1.80. The van der Waals surface area contributed by atoms with Crippen LogP contribution in [0.15, 0.2) is 12.4 Å². The Balaban J connectivity index is 1.81. The van der Waals surface area contributed by atoms with E-state index in [4.69, 9.17) is 4.74 Å². The fraction of sp³-hybridized carbons (Fsp3) is 0.700. The normalized spacial score (nSPS) is 18.1. The molecule has 2 heterocycles. The number of hydrogen-bond donors (Lipinski definition) is 1. The Kier molecular flexibility index (Phi) is 4.33. The smallest absolute Gasteiger partial charge is 0.279 e. The summed E-state index contributed by atoms with van der Waals surface area (Å²) in [6.07, 6.45) is 4.25. The van der Waals surface area contributed by atoms with Gasteiger partial charge >= 0.3 is 0 Å². The highest BCUT2D eigenvalue weighted by molar-refractivity contribution is 7.87.